The number of rotatable bonds is 6. The first-order valence-corrected chi connectivity index (χ1v) is 7.53. The topological polar surface area (TPSA) is 150 Å². The molecule has 0 saturated carbocycles. The van der Waals surface area contributed by atoms with Crippen molar-refractivity contribution >= 4 is 53.3 Å². The van der Waals surface area contributed by atoms with Crippen LogP contribution in [0.4, 0.5) is 5.69 Å². The molecule has 1 heterocycles. The Kier molecular flexibility index (Phi) is 9.71. The molecule has 0 radical (unpaired) electrons. The second kappa shape index (κ2) is 10.6. The molecule has 0 bridgehead atoms. The van der Waals surface area contributed by atoms with Gasteiger partial charge in [0.2, 0.25) is 5.91 Å². The number of nitrogens with zero attached hydrogens (tertiary/aromatic N) is 1. The Balaban J connectivity index is 0.00000312. The van der Waals surface area contributed by atoms with E-state index in [4.69, 9.17) is 21.6 Å². The Morgan fingerprint density at radius 1 is 1.27 bits per heavy atom. The van der Waals surface area contributed by atoms with E-state index in [9.17, 15) is 9.59 Å². The Morgan fingerprint density at radius 2 is 1.96 bits per heavy atom. The number of anilines is 1. The second-order valence-corrected chi connectivity index (χ2v) is 5.50. The van der Waals surface area contributed by atoms with E-state index in [1.165, 1.54) is 6.07 Å². The van der Waals surface area contributed by atoms with Gasteiger partial charge in [0.1, 0.15) is 5.58 Å². The van der Waals surface area contributed by atoms with Gasteiger partial charge in [-0.15, -0.1) is 24.8 Å². The maximum Gasteiger partial charge on any atom is 0.336 e. The molecule has 144 valence electrons. The van der Waals surface area contributed by atoms with Crippen LogP contribution in [0.2, 0.25) is 0 Å². The Morgan fingerprint density at radius 3 is 2.62 bits per heavy atom. The maximum absolute atomic E-state index is 12.1. The highest BCUT2D eigenvalue weighted by Crippen LogP contribution is 2.20. The van der Waals surface area contributed by atoms with Crippen LogP contribution in [0, 0.1) is 6.92 Å². The molecule has 0 spiro atoms. The standard InChI is InChI=1S/C16H21N5O3.2ClH/c1-9-7-14(22)24-13-8-10(4-5-11(9)13)21-15(23)12(17)3-2-6-20-16(18)19;;/h4-5,7-8,12H,2-3,6,17H2,1H3,(H,21,23)(H4,18,19,20);2*1H/t12-;;/m0../s1. The molecule has 1 aromatic carbocycles. The number of nitrogens with two attached hydrogens (primary N) is 3. The molecule has 0 unspecified atom stereocenters. The molecule has 26 heavy (non-hydrogen) atoms. The summed E-state index contributed by atoms with van der Waals surface area (Å²) in [5.41, 5.74) is 17.6. The van der Waals surface area contributed by atoms with Crippen LogP contribution in [0.5, 0.6) is 0 Å². The van der Waals surface area contributed by atoms with Gasteiger partial charge < -0.3 is 26.9 Å². The fourth-order valence-corrected chi connectivity index (χ4v) is 2.29. The van der Waals surface area contributed by atoms with E-state index in [-0.39, 0.29) is 36.7 Å². The van der Waals surface area contributed by atoms with Gasteiger partial charge in [-0.2, -0.15) is 0 Å². The summed E-state index contributed by atoms with van der Waals surface area (Å²) in [5, 5.41) is 3.53. The first kappa shape index (κ1) is 23.7. The molecule has 2 aromatic rings. The van der Waals surface area contributed by atoms with Gasteiger partial charge in [-0.25, -0.2) is 4.79 Å². The number of guanidine groups is 1. The molecule has 0 aliphatic rings. The van der Waals surface area contributed by atoms with Crippen molar-refractivity contribution in [3.8, 4) is 0 Å². The van der Waals surface area contributed by atoms with Crippen molar-refractivity contribution in [2.24, 2.45) is 22.2 Å². The molecule has 1 atom stereocenters. The molecule has 0 aliphatic carbocycles. The highest BCUT2D eigenvalue weighted by molar-refractivity contribution is 5.96. The highest BCUT2D eigenvalue weighted by atomic mass is 35.5. The lowest BCUT2D eigenvalue weighted by Gasteiger charge is -2.12. The van der Waals surface area contributed by atoms with Crippen molar-refractivity contribution < 1.29 is 9.21 Å². The third-order valence-electron chi connectivity index (χ3n) is 3.52. The lowest BCUT2D eigenvalue weighted by molar-refractivity contribution is -0.117. The fourth-order valence-electron chi connectivity index (χ4n) is 2.29. The van der Waals surface area contributed by atoms with E-state index >= 15 is 0 Å². The minimum atomic E-state index is -0.681. The second-order valence-electron chi connectivity index (χ2n) is 5.50. The highest BCUT2D eigenvalue weighted by Gasteiger charge is 2.14. The van der Waals surface area contributed by atoms with E-state index in [0.717, 1.165) is 10.9 Å². The molecule has 7 N–H and O–H groups in total. The third kappa shape index (κ3) is 6.55. The number of carbonyl (C=O) groups excluding carboxylic acids is 1. The predicted molar refractivity (Wildman–Crippen MR) is 108 cm³/mol. The van der Waals surface area contributed by atoms with Gasteiger partial charge >= 0.3 is 5.63 Å². The number of amides is 1. The minimum Gasteiger partial charge on any atom is -0.423 e. The normalized spacial score (nSPS) is 11.0. The van der Waals surface area contributed by atoms with Crippen LogP contribution in [0.3, 0.4) is 0 Å². The van der Waals surface area contributed by atoms with Gasteiger partial charge in [0.15, 0.2) is 5.96 Å². The molecule has 2 rings (SSSR count). The summed E-state index contributed by atoms with van der Waals surface area (Å²) < 4.78 is 5.15. The predicted octanol–water partition coefficient (Wildman–Crippen LogP) is 1.26. The summed E-state index contributed by atoms with van der Waals surface area (Å²) >= 11 is 0. The minimum absolute atomic E-state index is 0. The van der Waals surface area contributed by atoms with Crippen molar-refractivity contribution in [1.29, 1.82) is 0 Å². The van der Waals surface area contributed by atoms with Crippen LogP contribution in [0.25, 0.3) is 11.0 Å². The molecule has 1 amide bonds. The summed E-state index contributed by atoms with van der Waals surface area (Å²) in [6.07, 6.45) is 1.04. The summed E-state index contributed by atoms with van der Waals surface area (Å²) in [6, 6.07) is 5.87. The summed E-state index contributed by atoms with van der Waals surface area (Å²) in [5.74, 6) is -0.310. The lowest BCUT2D eigenvalue weighted by atomic mass is 10.1. The van der Waals surface area contributed by atoms with Gasteiger partial charge in [-0.05, 0) is 37.5 Å². The lowest BCUT2D eigenvalue weighted by Crippen LogP contribution is -2.35. The molecular weight excluding hydrogens is 381 g/mol. The number of aryl methyl sites for hydroxylation is 1. The molecular formula is C16H23Cl2N5O3. The average Bonchev–Trinajstić information content (AvgIpc) is 2.50. The number of halogens is 2. The van der Waals surface area contributed by atoms with Crippen LogP contribution in [0.15, 0.2) is 38.5 Å². The number of nitrogens with one attached hydrogen (secondary N) is 1. The van der Waals surface area contributed by atoms with E-state index < -0.39 is 11.7 Å². The number of carbonyl (C=O) groups is 1. The zero-order valence-corrected chi connectivity index (χ0v) is 15.9. The van der Waals surface area contributed by atoms with Gasteiger partial charge in [-0.3, -0.25) is 9.79 Å². The first-order chi connectivity index (χ1) is 11.4. The number of fused-ring (bicyclic) bond motifs is 1. The van der Waals surface area contributed by atoms with Crippen LogP contribution < -0.4 is 28.1 Å². The van der Waals surface area contributed by atoms with Gasteiger partial charge in [0.05, 0.1) is 6.04 Å². The third-order valence-corrected chi connectivity index (χ3v) is 3.52. The smallest absolute Gasteiger partial charge is 0.336 e. The molecule has 8 nitrogen and oxygen atoms in total. The quantitative estimate of drug-likeness (QED) is 0.246. The average molecular weight is 404 g/mol. The van der Waals surface area contributed by atoms with E-state index in [1.807, 2.05) is 6.92 Å². The van der Waals surface area contributed by atoms with Crippen molar-refractivity contribution in [3.63, 3.8) is 0 Å². The monoisotopic (exact) mass is 403 g/mol. The van der Waals surface area contributed by atoms with Crippen molar-refractivity contribution in [2.75, 3.05) is 11.9 Å². The Labute approximate surface area is 163 Å². The molecule has 0 aliphatic heterocycles. The molecule has 0 fully saturated rings. The number of hydrogen-bond acceptors (Lipinski definition) is 5. The van der Waals surface area contributed by atoms with Crippen molar-refractivity contribution in [1.82, 2.24) is 0 Å². The summed E-state index contributed by atoms with van der Waals surface area (Å²) in [7, 11) is 0. The SMILES string of the molecule is Cc1cc(=O)oc2cc(NC(=O)[C@@H](N)CCCN=C(N)N)ccc12.Cl.Cl. The zero-order valence-electron chi connectivity index (χ0n) is 14.2. The summed E-state index contributed by atoms with van der Waals surface area (Å²) in [6.45, 7) is 2.24. The van der Waals surface area contributed by atoms with Crippen LogP contribution in [-0.2, 0) is 4.79 Å². The van der Waals surface area contributed by atoms with E-state index in [0.29, 0.717) is 30.7 Å². The van der Waals surface area contributed by atoms with E-state index in [2.05, 4.69) is 10.3 Å². The molecule has 1 aromatic heterocycles. The maximum atomic E-state index is 12.1. The van der Waals surface area contributed by atoms with Gasteiger partial charge in [-0.1, -0.05) is 0 Å². The van der Waals surface area contributed by atoms with Crippen LogP contribution in [0.1, 0.15) is 18.4 Å². The van der Waals surface area contributed by atoms with Gasteiger partial charge in [0, 0.05) is 29.8 Å². The van der Waals surface area contributed by atoms with Crippen molar-refractivity contribution in [3.05, 3.63) is 40.2 Å². The number of hydrogen-bond donors (Lipinski definition) is 4. The Hall–Kier alpha value is -2.29. The van der Waals surface area contributed by atoms with Crippen LogP contribution in [-0.4, -0.2) is 24.5 Å². The largest absolute Gasteiger partial charge is 0.423 e. The zero-order chi connectivity index (χ0) is 17.7. The van der Waals surface area contributed by atoms with Crippen molar-refractivity contribution in [2.45, 2.75) is 25.8 Å². The molecule has 10 heteroatoms. The Bertz CT molecular complexity index is 834. The first-order valence-electron chi connectivity index (χ1n) is 7.53. The molecule has 0 saturated heterocycles. The van der Waals surface area contributed by atoms with Crippen LogP contribution >= 0.6 is 24.8 Å². The van der Waals surface area contributed by atoms with E-state index in [1.54, 1.807) is 18.2 Å². The number of aliphatic imine (C=N–C) groups is 1. The number of benzene rings is 1. The fraction of sp³-hybridized carbons (Fsp3) is 0.312. The summed E-state index contributed by atoms with van der Waals surface area (Å²) in [4.78, 5) is 27.4. The van der Waals surface area contributed by atoms with Gasteiger partial charge in [0.25, 0.3) is 0 Å².